The molecule has 24 heavy (non-hydrogen) atoms. The van der Waals surface area contributed by atoms with Crippen molar-refractivity contribution >= 4 is 27.8 Å². The minimum absolute atomic E-state index is 0.0346. The van der Waals surface area contributed by atoms with Crippen LogP contribution in [0.3, 0.4) is 0 Å². The molecule has 1 unspecified atom stereocenters. The predicted octanol–water partition coefficient (Wildman–Crippen LogP) is 1.90. The van der Waals surface area contributed by atoms with E-state index in [2.05, 4.69) is 17.4 Å². The number of piperazine rings is 1. The highest BCUT2D eigenvalue weighted by molar-refractivity contribution is 7.99. The van der Waals surface area contributed by atoms with E-state index in [9.17, 15) is 13.2 Å². The number of nitrogens with zero attached hydrogens (tertiary/aromatic N) is 2. The number of urea groups is 1. The van der Waals surface area contributed by atoms with E-state index >= 15 is 0 Å². The van der Waals surface area contributed by atoms with Gasteiger partial charge in [-0.1, -0.05) is 18.2 Å². The van der Waals surface area contributed by atoms with Crippen molar-refractivity contribution in [2.45, 2.75) is 24.3 Å². The highest BCUT2D eigenvalue weighted by Gasteiger charge is 2.29. The highest BCUT2D eigenvalue weighted by Crippen LogP contribution is 2.35. The predicted molar refractivity (Wildman–Crippen MR) is 95.7 cm³/mol. The third-order valence-corrected chi connectivity index (χ3v) is 7.54. The number of thioether (sulfide) groups is 1. The summed E-state index contributed by atoms with van der Waals surface area (Å²) in [5.74, 6) is 1.10. The maximum Gasteiger partial charge on any atom is 0.317 e. The van der Waals surface area contributed by atoms with Crippen LogP contribution in [0, 0.1) is 0 Å². The molecule has 0 bridgehead atoms. The quantitative estimate of drug-likeness (QED) is 0.883. The summed E-state index contributed by atoms with van der Waals surface area (Å²) in [6.45, 7) is 3.27. The zero-order chi connectivity index (χ0) is 17.2. The van der Waals surface area contributed by atoms with Crippen LogP contribution in [0.4, 0.5) is 4.79 Å². The number of carbonyl (C=O) groups excluding carboxylic acids is 1. The molecule has 0 aliphatic carbocycles. The lowest BCUT2D eigenvalue weighted by Crippen LogP contribution is -2.53. The van der Waals surface area contributed by atoms with Crippen molar-refractivity contribution in [3.63, 3.8) is 0 Å². The summed E-state index contributed by atoms with van der Waals surface area (Å²) in [6, 6.07) is 8.11. The minimum atomic E-state index is -3.17. The molecule has 0 saturated carbocycles. The number of benzene rings is 1. The van der Waals surface area contributed by atoms with E-state index < -0.39 is 10.0 Å². The molecule has 1 aromatic rings. The summed E-state index contributed by atoms with van der Waals surface area (Å²) in [5, 5.41) is 3.12. The Balaban J connectivity index is 1.60. The molecule has 1 fully saturated rings. The van der Waals surface area contributed by atoms with Crippen molar-refractivity contribution in [1.29, 1.82) is 0 Å². The Kier molecular flexibility index (Phi) is 5.36. The number of nitrogens with one attached hydrogen (secondary N) is 1. The Morgan fingerprint density at radius 1 is 1.25 bits per heavy atom. The zero-order valence-electron chi connectivity index (χ0n) is 13.8. The van der Waals surface area contributed by atoms with Crippen LogP contribution < -0.4 is 5.32 Å². The van der Waals surface area contributed by atoms with Crippen LogP contribution in [0.5, 0.6) is 0 Å². The van der Waals surface area contributed by atoms with Crippen LogP contribution in [0.15, 0.2) is 29.2 Å². The second-order valence-corrected chi connectivity index (χ2v) is 9.36. The fourth-order valence-electron chi connectivity index (χ4n) is 3.08. The lowest BCUT2D eigenvalue weighted by atomic mass is 10.0. The Morgan fingerprint density at radius 2 is 1.96 bits per heavy atom. The van der Waals surface area contributed by atoms with Gasteiger partial charge in [-0.2, -0.15) is 4.31 Å². The summed E-state index contributed by atoms with van der Waals surface area (Å²) in [4.78, 5) is 15.5. The van der Waals surface area contributed by atoms with Gasteiger partial charge in [-0.25, -0.2) is 13.2 Å². The van der Waals surface area contributed by atoms with Gasteiger partial charge < -0.3 is 10.2 Å². The number of fused-ring (bicyclic) bond motifs is 1. The number of carbonyl (C=O) groups is 1. The molecule has 3 rings (SSSR count). The van der Waals surface area contributed by atoms with E-state index in [1.165, 1.54) is 14.8 Å². The van der Waals surface area contributed by atoms with E-state index in [-0.39, 0.29) is 17.8 Å². The van der Waals surface area contributed by atoms with Crippen LogP contribution in [-0.4, -0.2) is 61.3 Å². The van der Waals surface area contributed by atoms with E-state index in [1.54, 1.807) is 11.8 Å². The van der Waals surface area contributed by atoms with Crippen LogP contribution in [0.2, 0.25) is 0 Å². The Bertz CT molecular complexity index is 700. The van der Waals surface area contributed by atoms with Gasteiger partial charge in [0.1, 0.15) is 0 Å². The summed E-state index contributed by atoms with van der Waals surface area (Å²) in [7, 11) is -3.17. The molecule has 2 amide bonds. The van der Waals surface area contributed by atoms with Gasteiger partial charge in [-0.05, 0) is 25.0 Å². The molecular formula is C16H23N3O3S2. The van der Waals surface area contributed by atoms with Crippen molar-refractivity contribution in [3.05, 3.63) is 29.8 Å². The lowest BCUT2D eigenvalue weighted by molar-refractivity contribution is 0.168. The monoisotopic (exact) mass is 369 g/mol. The molecule has 2 aliphatic heterocycles. The third-order valence-electron chi connectivity index (χ3n) is 4.54. The first-order valence-corrected chi connectivity index (χ1v) is 10.9. The number of hydrogen-bond acceptors (Lipinski definition) is 4. The fourth-order valence-corrected chi connectivity index (χ4v) is 5.29. The first-order chi connectivity index (χ1) is 11.5. The lowest BCUT2D eigenvalue weighted by Gasteiger charge is -2.35. The number of amides is 2. The molecule has 6 nitrogen and oxygen atoms in total. The van der Waals surface area contributed by atoms with Gasteiger partial charge >= 0.3 is 6.03 Å². The molecule has 1 saturated heterocycles. The van der Waals surface area contributed by atoms with Gasteiger partial charge in [-0.3, -0.25) is 0 Å². The molecule has 1 N–H and O–H groups in total. The molecule has 2 aliphatic rings. The van der Waals surface area contributed by atoms with Gasteiger partial charge in [0, 0.05) is 36.8 Å². The maximum absolute atomic E-state index is 12.5. The summed E-state index contributed by atoms with van der Waals surface area (Å²) >= 11 is 1.82. The van der Waals surface area contributed by atoms with Crippen LogP contribution in [0.1, 0.15) is 24.9 Å². The molecule has 8 heteroatoms. The first kappa shape index (κ1) is 17.6. The largest absolute Gasteiger partial charge is 0.331 e. The van der Waals surface area contributed by atoms with Crippen LogP contribution in [0.25, 0.3) is 0 Å². The molecule has 0 spiro atoms. The smallest absolute Gasteiger partial charge is 0.317 e. The summed E-state index contributed by atoms with van der Waals surface area (Å²) < 4.78 is 25.3. The maximum atomic E-state index is 12.5. The number of rotatable bonds is 3. The van der Waals surface area contributed by atoms with Crippen LogP contribution in [-0.2, 0) is 10.0 Å². The number of sulfonamides is 1. The SMILES string of the molecule is CCS(=O)(=O)N1CCN(C(=O)NC2CCSc3ccccc32)CC1. The summed E-state index contributed by atoms with van der Waals surface area (Å²) in [5.41, 5.74) is 1.18. The van der Waals surface area contributed by atoms with Gasteiger partial charge in [0.2, 0.25) is 10.0 Å². The average molecular weight is 370 g/mol. The van der Waals surface area contributed by atoms with E-state index in [0.29, 0.717) is 26.2 Å². The summed E-state index contributed by atoms with van der Waals surface area (Å²) in [6.07, 6.45) is 0.914. The third kappa shape index (κ3) is 3.70. The number of hydrogen-bond donors (Lipinski definition) is 1. The molecule has 0 radical (unpaired) electrons. The minimum Gasteiger partial charge on any atom is -0.331 e. The fraction of sp³-hybridized carbons (Fsp3) is 0.562. The van der Waals surface area contributed by atoms with Gasteiger partial charge in [0.05, 0.1) is 11.8 Å². The molecule has 0 aromatic heterocycles. The Morgan fingerprint density at radius 3 is 2.67 bits per heavy atom. The highest BCUT2D eigenvalue weighted by atomic mass is 32.2. The van der Waals surface area contributed by atoms with Crippen molar-refractivity contribution < 1.29 is 13.2 Å². The second-order valence-electron chi connectivity index (χ2n) is 5.96. The molecule has 132 valence electrons. The molecule has 1 aromatic carbocycles. The van der Waals surface area contributed by atoms with Gasteiger partial charge in [-0.15, -0.1) is 11.8 Å². The normalized spacial score (nSPS) is 22.0. The Hall–Kier alpha value is -1.25. The standard InChI is InChI=1S/C16H23N3O3S2/c1-2-24(21,22)19-10-8-18(9-11-19)16(20)17-14-7-12-23-15-6-4-3-5-13(14)15/h3-6,14H,2,7-12H2,1H3,(H,17,20). The van der Waals surface area contributed by atoms with E-state index in [1.807, 2.05) is 23.9 Å². The topological polar surface area (TPSA) is 69.7 Å². The average Bonchev–Trinajstić information content (AvgIpc) is 2.62. The van der Waals surface area contributed by atoms with Crippen LogP contribution >= 0.6 is 11.8 Å². The Labute approximate surface area is 147 Å². The van der Waals surface area contributed by atoms with E-state index in [0.717, 1.165) is 12.2 Å². The zero-order valence-corrected chi connectivity index (χ0v) is 15.4. The van der Waals surface area contributed by atoms with Gasteiger partial charge in [0.25, 0.3) is 0 Å². The van der Waals surface area contributed by atoms with Crippen molar-refractivity contribution in [3.8, 4) is 0 Å². The van der Waals surface area contributed by atoms with Gasteiger partial charge in [0.15, 0.2) is 0 Å². The van der Waals surface area contributed by atoms with Crippen molar-refractivity contribution in [2.75, 3.05) is 37.7 Å². The second kappa shape index (κ2) is 7.33. The first-order valence-electron chi connectivity index (χ1n) is 8.26. The van der Waals surface area contributed by atoms with Crippen molar-refractivity contribution in [2.24, 2.45) is 0 Å². The molecule has 2 heterocycles. The molecule has 1 atom stereocenters. The van der Waals surface area contributed by atoms with E-state index in [4.69, 9.17) is 0 Å². The molecular weight excluding hydrogens is 346 g/mol. The van der Waals surface area contributed by atoms with Crippen molar-refractivity contribution in [1.82, 2.24) is 14.5 Å².